The molecule has 1 aromatic carbocycles. The van der Waals surface area contributed by atoms with Crippen LogP contribution in [0, 0.1) is 5.92 Å². The minimum atomic E-state index is -5.96. The zero-order valence-corrected chi connectivity index (χ0v) is 15.7. The first kappa shape index (κ1) is 19.4. The number of anilines is 1. The van der Waals surface area contributed by atoms with E-state index in [1.165, 1.54) is 24.2 Å². The maximum absolute atomic E-state index is 12.7. The summed E-state index contributed by atoms with van der Waals surface area (Å²) in [6, 6.07) is 2.52. The molecule has 1 fully saturated rings. The van der Waals surface area contributed by atoms with Gasteiger partial charge in [-0.2, -0.15) is 21.6 Å². The molecule has 0 spiro atoms. The number of rotatable bonds is 4. The Hall–Kier alpha value is -2.89. The fraction of sp³-hybridized carbons (Fsp3) is 0.353. The highest BCUT2D eigenvalue weighted by Crippen LogP contribution is 2.39. The SMILES string of the molecule is CN1Cc2c(c(OS(=O)(=O)C(F)(F)F)cc3cnc(NC(=O)C4CC4)cc23)C1=O. The Morgan fingerprint density at radius 1 is 1.31 bits per heavy atom. The third kappa shape index (κ3) is 3.37. The number of carbonyl (C=O) groups is 2. The number of hydrogen-bond acceptors (Lipinski definition) is 6. The summed E-state index contributed by atoms with van der Waals surface area (Å²) in [7, 11) is -4.53. The van der Waals surface area contributed by atoms with Crippen molar-refractivity contribution >= 4 is 38.5 Å². The van der Waals surface area contributed by atoms with E-state index in [9.17, 15) is 31.2 Å². The van der Waals surface area contributed by atoms with Crippen molar-refractivity contribution in [2.24, 2.45) is 5.92 Å². The molecule has 1 aliphatic carbocycles. The molecule has 0 atom stereocenters. The molecule has 1 N–H and O–H groups in total. The first-order chi connectivity index (χ1) is 13.5. The lowest BCUT2D eigenvalue weighted by Gasteiger charge is -2.14. The topological polar surface area (TPSA) is 106 Å². The summed E-state index contributed by atoms with van der Waals surface area (Å²) in [6.07, 6.45) is 2.86. The second-order valence-electron chi connectivity index (χ2n) is 6.93. The zero-order valence-electron chi connectivity index (χ0n) is 14.9. The van der Waals surface area contributed by atoms with Crippen LogP contribution in [-0.4, -0.2) is 42.7 Å². The normalized spacial score (nSPS) is 16.8. The van der Waals surface area contributed by atoms with Gasteiger partial charge in [-0.1, -0.05) is 0 Å². The van der Waals surface area contributed by atoms with Crippen molar-refractivity contribution in [3.63, 3.8) is 0 Å². The minimum absolute atomic E-state index is 0.0357. The van der Waals surface area contributed by atoms with Gasteiger partial charge >= 0.3 is 15.6 Å². The number of halogens is 3. The van der Waals surface area contributed by atoms with Gasteiger partial charge in [0.25, 0.3) is 5.91 Å². The molecular weight excluding hydrogens is 415 g/mol. The van der Waals surface area contributed by atoms with Crippen molar-refractivity contribution in [3.8, 4) is 5.75 Å². The number of benzene rings is 1. The summed E-state index contributed by atoms with van der Waals surface area (Å²) >= 11 is 0. The predicted octanol–water partition coefficient (Wildman–Crippen LogP) is 2.40. The van der Waals surface area contributed by atoms with Gasteiger partial charge < -0.3 is 14.4 Å². The summed E-state index contributed by atoms with van der Waals surface area (Å²) < 4.78 is 65.4. The van der Waals surface area contributed by atoms with Gasteiger partial charge in [-0.15, -0.1) is 0 Å². The molecule has 2 amide bonds. The van der Waals surface area contributed by atoms with E-state index in [2.05, 4.69) is 14.5 Å². The van der Waals surface area contributed by atoms with E-state index in [0.717, 1.165) is 18.9 Å². The fourth-order valence-corrected chi connectivity index (χ4v) is 3.57. The van der Waals surface area contributed by atoms with Crippen LogP contribution in [0.3, 0.4) is 0 Å². The zero-order chi connectivity index (χ0) is 21.1. The lowest BCUT2D eigenvalue weighted by Crippen LogP contribution is -2.29. The van der Waals surface area contributed by atoms with Crippen molar-refractivity contribution in [2.75, 3.05) is 12.4 Å². The van der Waals surface area contributed by atoms with Gasteiger partial charge in [0.1, 0.15) is 5.82 Å². The quantitative estimate of drug-likeness (QED) is 0.591. The number of pyridine rings is 1. The van der Waals surface area contributed by atoms with Crippen LogP contribution < -0.4 is 9.50 Å². The number of hydrogen-bond donors (Lipinski definition) is 1. The second-order valence-corrected chi connectivity index (χ2v) is 8.46. The van der Waals surface area contributed by atoms with E-state index in [-0.39, 0.29) is 35.1 Å². The second kappa shape index (κ2) is 6.31. The Kier molecular flexibility index (Phi) is 4.22. The van der Waals surface area contributed by atoms with Gasteiger partial charge in [0.2, 0.25) is 5.91 Å². The van der Waals surface area contributed by atoms with Gasteiger partial charge in [-0.05, 0) is 35.9 Å². The highest BCUT2D eigenvalue weighted by molar-refractivity contribution is 7.88. The van der Waals surface area contributed by atoms with Gasteiger partial charge in [-0.25, -0.2) is 4.98 Å². The fourth-order valence-electron chi connectivity index (χ4n) is 3.11. The van der Waals surface area contributed by atoms with Crippen molar-refractivity contribution in [3.05, 3.63) is 29.5 Å². The van der Waals surface area contributed by atoms with E-state index >= 15 is 0 Å². The first-order valence-electron chi connectivity index (χ1n) is 8.50. The largest absolute Gasteiger partial charge is 0.534 e. The summed E-state index contributed by atoms with van der Waals surface area (Å²) in [5, 5.41) is 3.38. The molecule has 29 heavy (non-hydrogen) atoms. The van der Waals surface area contributed by atoms with Crippen LogP contribution in [0.1, 0.15) is 28.8 Å². The smallest absolute Gasteiger partial charge is 0.375 e. The molecule has 0 unspecified atom stereocenters. The number of nitrogens with one attached hydrogen (secondary N) is 1. The van der Waals surface area contributed by atoms with Crippen molar-refractivity contribution in [2.45, 2.75) is 24.9 Å². The lowest BCUT2D eigenvalue weighted by atomic mass is 10.0. The monoisotopic (exact) mass is 429 g/mol. The maximum atomic E-state index is 12.7. The maximum Gasteiger partial charge on any atom is 0.534 e. The number of alkyl halides is 3. The van der Waals surface area contributed by atoms with Gasteiger partial charge in [0, 0.05) is 31.1 Å². The number of aromatic nitrogens is 1. The minimum Gasteiger partial charge on any atom is -0.375 e. The number of amides is 2. The summed E-state index contributed by atoms with van der Waals surface area (Å²) in [6.45, 7) is 0.0357. The number of fused-ring (bicyclic) bond motifs is 3. The molecule has 1 aromatic heterocycles. The van der Waals surface area contributed by atoms with Crippen LogP contribution in [0.5, 0.6) is 5.75 Å². The van der Waals surface area contributed by atoms with E-state index in [1.807, 2.05) is 0 Å². The molecule has 154 valence electrons. The molecule has 0 bridgehead atoms. The molecule has 8 nitrogen and oxygen atoms in total. The standard InChI is InChI=1S/C17H14F3N3O5S/c1-23-7-11-10-5-13(22-15(24)8-2-3-8)21-6-9(10)4-12(14(11)16(23)25)28-29(26,27)17(18,19)20/h4-6,8H,2-3,7H2,1H3,(H,21,22,24). The van der Waals surface area contributed by atoms with Crippen molar-refractivity contribution in [1.29, 1.82) is 0 Å². The first-order valence-corrected chi connectivity index (χ1v) is 9.91. The van der Waals surface area contributed by atoms with Crippen LogP contribution in [0.25, 0.3) is 10.8 Å². The Morgan fingerprint density at radius 3 is 2.62 bits per heavy atom. The molecule has 0 saturated heterocycles. The lowest BCUT2D eigenvalue weighted by molar-refractivity contribution is -0.117. The molecule has 1 saturated carbocycles. The predicted molar refractivity (Wildman–Crippen MR) is 94.5 cm³/mol. The molecule has 2 heterocycles. The molecular formula is C17H14F3N3O5S. The van der Waals surface area contributed by atoms with Gasteiger partial charge in [-0.3, -0.25) is 9.59 Å². The van der Waals surface area contributed by atoms with Crippen LogP contribution >= 0.6 is 0 Å². The molecule has 4 rings (SSSR count). The van der Waals surface area contributed by atoms with E-state index in [4.69, 9.17) is 0 Å². The molecule has 2 aliphatic rings. The van der Waals surface area contributed by atoms with Crippen LogP contribution in [0.15, 0.2) is 18.3 Å². The number of nitrogens with zero attached hydrogens (tertiary/aromatic N) is 2. The van der Waals surface area contributed by atoms with Crippen molar-refractivity contribution < 1.29 is 35.4 Å². The van der Waals surface area contributed by atoms with Crippen LogP contribution in [0.4, 0.5) is 19.0 Å². The Bertz CT molecular complexity index is 1160. The van der Waals surface area contributed by atoms with E-state index < -0.39 is 27.3 Å². The summed E-state index contributed by atoms with van der Waals surface area (Å²) in [4.78, 5) is 29.7. The van der Waals surface area contributed by atoms with Crippen molar-refractivity contribution in [1.82, 2.24) is 9.88 Å². The molecule has 1 aliphatic heterocycles. The third-order valence-electron chi connectivity index (χ3n) is 4.73. The highest BCUT2D eigenvalue weighted by atomic mass is 32.2. The van der Waals surface area contributed by atoms with E-state index in [0.29, 0.717) is 10.9 Å². The highest BCUT2D eigenvalue weighted by Gasteiger charge is 2.49. The average molecular weight is 429 g/mol. The summed E-state index contributed by atoms with van der Waals surface area (Å²) in [5.41, 5.74) is -5.61. The molecule has 0 radical (unpaired) electrons. The number of carbonyl (C=O) groups excluding carboxylic acids is 2. The molecule has 2 aromatic rings. The van der Waals surface area contributed by atoms with Gasteiger partial charge in [0.15, 0.2) is 5.75 Å². The summed E-state index contributed by atoms with van der Waals surface area (Å²) in [5.74, 6) is -1.40. The van der Waals surface area contributed by atoms with E-state index in [1.54, 1.807) is 0 Å². The Labute approximate surface area is 162 Å². The average Bonchev–Trinajstić information content (AvgIpc) is 3.41. The third-order valence-corrected chi connectivity index (χ3v) is 5.70. The van der Waals surface area contributed by atoms with Crippen LogP contribution in [-0.2, 0) is 21.5 Å². The Morgan fingerprint density at radius 2 is 2.00 bits per heavy atom. The Balaban J connectivity index is 1.82. The molecule has 12 heteroatoms. The van der Waals surface area contributed by atoms with Crippen LogP contribution in [0.2, 0.25) is 0 Å². The van der Waals surface area contributed by atoms with Gasteiger partial charge in [0.05, 0.1) is 5.56 Å².